The van der Waals surface area contributed by atoms with E-state index in [1.807, 2.05) is 0 Å². The number of ether oxygens (including phenoxy) is 5. The van der Waals surface area contributed by atoms with Gasteiger partial charge >= 0.3 is 17.9 Å². The fourth-order valence-electron chi connectivity index (χ4n) is 2.97. The van der Waals surface area contributed by atoms with Crippen LogP contribution in [0.15, 0.2) is 0 Å². The van der Waals surface area contributed by atoms with Crippen LogP contribution < -0.4 is 5.32 Å². The van der Waals surface area contributed by atoms with Gasteiger partial charge in [-0.2, -0.15) is 0 Å². The smallest absolute Gasteiger partial charge is 0.317 e. The molecular weight excluding hydrogens is 424 g/mol. The molecular formula is C21H36N2O9. The van der Waals surface area contributed by atoms with E-state index < -0.39 is 41.8 Å². The standard InChI is InChI=1S/C21H36N2O9/c1-5-30-19(21(2,3)15-32-18(26)14-17(25)28-4)20(27)22-7-6-16(24)31-13-10-23-8-11-29-12-9-23/h19H,5-15H2,1-4H3,(H,22,27)/t19-/m0/s1. The van der Waals surface area contributed by atoms with Crippen molar-refractivity contribution in [3.63, 3.8) is 0 Å². The largest absolute Gasteiger partial charge is 0.469 e. The minimum atomic E-state index is -0.921. The Kier molecular flexibility index (Phi) is 12.8. The Morgan fingerprint density at radius 1 is 1.06 bits per heavy atom. The van der Waals surface area contributed by atoms with Gasteiger partial charge in [-0.3, -0.25) is 24.1 Å². The van der Waals surface area contributed by atoms with E-state index in [9.17, 15) is 19.2 Å². The van der Waals surface area contributed by atoms with Gasteiger partial charge in [-0.1, -0.05) is 13.8 Å². The molecule has 1 aliphatic heterocycles. The van der Waals surface area contributed by atoms with Crippen molar-refractivity contribution in [1.29, 1.82) is 0 Å². The maximum atomic E-state index is 12.6. The van der Waals surface area contributed by atoms with Crippen LogP contribution in [-0.4, -0.2) is 101 Å². The molecule has 0 unspecified atom stereocenters. The van der Waals surface area contributed by atoms with Crippen LogP contribution in [0.1, 0.15) is 33.6 Å². The molecule has 1 N–H and O–H groups in total. The summed E-state index contributed by atoms with van der Waals surface area (Å²) in [5, 5.41) is 2.67. The van der Waals surface area contributed by atoms with Gasteiger partial charge in [0.05, 0.1) is 33.4 Å². The highest BCUT2D eigenvalue weighted by atomic mass is 16.6. The van der Waals surface area contributed by atoms with Crippen LogP contribution in [0.4, 0.5) is 0 Å². The Hall–Kier alpha value is -2.24. The molecule has 0 spiro atoms. The van der Waals surface area contributed by atoms with Crippen molar-refractivity contribution < 1.29 is 42.9 Å². The lowest BCUT2D eigenvalue weighted by Gasteiger charge is -2.32. The van der Waals surface area contributed by atoms with Gasteiger partial charge in [0.2, 0.25) is 5.91 Å². The van der Waals surface area contributed by atoms with Crippen molar-refractivity contribution in [3.05, 3.63) is 0 Å². The summed E-state index contributed by atoms with van der Waals surface area (Å²) in [4.78, 5) is 49.6. The quantitative estimate of drug-likeness (QED) is 0.213. The topological polar surface area (TPSA) is 130 Å². The second kappa shape index (κ2) is 14.8. The Balaban J connectivity index is 2.38. The van der Waals surface area contributed by atoms with Gasteiger partial charge in [0.1, 0.15) is 19.1 Å². The van der Waals surface area contributed by atoms with E-state index in [4.69, 9.17) is 18.9 Å². The summed E-state index contributed by atoms with van der Waals surface area (Å²) in [7, 11) is 1.18. The fourth-order valence-corrected chi connectivity index (χ4v) is 2.97. The summed E-state index contributed by atoms with van der Waals surface area (Å²) >= 11 is 0. The molecule has 184 valence electrons. The molecule has 0 bridgehead atoms. The Morgan fingerprint density at radius 3 is 2.38 bits per heavy atom. The van der Waals surface area contributed by atoms with E-state index in [-0.39, 0.29) is 26.2 Å². The molecule has 1 saturated heterocycles. The fraction of sp³-hybridized carbons (Fsp3) is 0.810. The summed E-state index contributed by atoms with van der Waals surface area (Å²) < 4.78 is 25.6. The molecule has 1 aliphatic rings. The summed E-state index contributed by atoms with van der Waals surface area (Å²) in [5.41, 5.74) is -0.870. The van der Waals surface area contributed by atoms with Gasteiger partial charge < -0.3 is 29.0 Å². The zero-order valence-corrected chi connectivity index (χ0v) is 19.5. The Labute approximate surface area is 189 Å². The molecule has 0 aliphatic carbocycles. The average molecular weight is 461 g/mol. The number of nitrogens with one attached hydrogen (secondary N) is 1. The molecule has 1 rings (SSSR count). The number of rotatable bonds is 14. The van der Waals surface area contributed by atoms with Crippen LogP contribution in [0.25, 0.3) is 0 Å². The van der Waals surface area contributed by atoms with Crippen molar-refractivity contribution in [2.24, 2.45) is 5.41 Å². The predicted octanol–water partition coefficient (Wildman–Crippen LogP) is -0.0943. The number of hydrogen-bond acceptors (Lipinski definition) is 10. The van der Waals surface area contributed by atoms with E-state index in [0.29, 0.717) is 26.4 Å². The molecule has 0 radical (unpaired) electrons. The number of carbonyl (C=O) groups excluding carboxylic acids is 4. The Morgan fingerprint density at radius 2 is 1.75 bits per heavy atom. The minimum Gasteiger partial charge on any atom is -0.469 e. The van der Waals surface area contributed by atoms with Crippen molar-refractivity contribution in [2.45, 2.75) is 39.7 Å². The summed E-state index contributed by atoms with van der Waals surface area (Å²) in [5.74, 6) is -2.28. The normalized spacial score (nSPS) is 15.5. The van der Waals surface area contributed by atoms with E-state index in [1.54, 1.807) is 20.8 Å². The number of hydrogen-bond donors (Lipinski definition) is 1. The van der Waals surface area contributed by atoms with Crippen molar-refractivity contribution >= 4 is 23.8 Å². The van der Waals surface area contributed by atoms with Crippen molar-refractivity contribution in [2.75, 3.05) is 66.3 Å². The summed E-state index contributed by atoms with van der Waals surface area (Å²) in [6.07, 6.45) is -1.40. The SMILES string of the molecule is CCO[C@@H](C(=O)NCCC(=O)OCCN1CCOCC1)C(C)(C)COC(=O)CC(=O)OC. The molecule has 11 heteroatoms. The van der Waals surface area contributed by atoms with Crippen LogP contribution in [0.2, 0.25) is 0 Å². The third kappa shape index (κ3) is 10.9. The maximum Gasteiger partial charge on any atom is 0.317 e. The molecule has 1 fully saturated rings. The number of carbonyl (C=O) groups is 4. The van der Waals surface area contributed by atoms with E-state index in [0.717, 1.165) is 13.1 Å². The first-order chi connectivity index (χ1) is 15.2. The van der Waals surface area contributed by atoms with Gasteiger partial charge in [-0.25, -0.2) is 0 Å². The van der Waals surface area contributed by atoms with E-state index in [2.05, 4.69) is 15.0 Å². The van der Waals surface area contributed by atoms with Crippen molar-refractivity contribution in [3.8, 4) is 0 Å². The first-order valence-electron chi connectivity index (χ1n) is 10.8. The molecule has 0 aromatic rings. The van der Waals surface area contributed by atoms with Gasteiger partial charge in [-0.05, 0) is 6.92 Å². The van der Waals surface area contributed by atoms with Crippen LogP contribution in [0, 0.1) is 5.41 Å². The van der Waals surface area contributed by atoms with E-state index >= 15 is 0 Å². The van der Waals surface area contributed by atoms with Crippen LogP contribution in [-0.2, 0) is 42.9 Å². The highest BCUT2D eigenvalue weighted by molar-refractivity contribution is 5.91. The number of methoxy groups -OCH3 is 1. The van der Waals surface area contributed by atoms with Crippen LogP contribution >= 0.6 is 0 Å². The molecule has 32 heavy (non-hydrogen) atoms. The van der Waals surface area contributed by atoms with Gasteiger partial charge in [0.25, 0.3) is 0 Å². The van der Waals surface area contributed by atoms with Gasteiger partial charge in [0.15, 0.2) is 0 Å². The Bertz CT molecular complexity index is 618. The second-order valence-electron chi connectivity index (χ2n) is 7.95. The molecule has 1 amide bonds. The third-order valence-electron chi connectivity index (χ3n) is 4.81. The van der Waals surface area contributed by atoms with Crippen LogP contribution in [0.5, 0.6) is 0 Å². The first-order valence-corrected chi connectivity index (χ1v) is 10.8. The number of esters is 3. The molecule has 0 saturated carbocycles. The summed E-state index contributed by atoms with van der Waals surface area (Å²) in [6.45, 7) is 9.32. The number of morpholine rings is 1. The minimum absolute atomic E-state index is 0.0300. The van der Waals surface area contributed by atoms with Gasteiger partial charge in [0, 0.05) is 38.2 Å². The monoisotopic (exact) mass is 460 g/mol. The third-order valence-corrected chi connectivity index (χ3v) is 4.81. The van der Waals surface area contributed by atoms with Crippen LogP contribution in [0.3, 0.4) is 0 Å². The number of nitrogens with zero attached hydrogens (tertiary/aromatic N) is 1. The molecule has 0 aromatic heterocycles. The lowest BCUT2D eigenvalue weighted by atomic mass is 9.86. The predicted molar refractivity (Wildman–Crippen MR) is 113 cm³/mol. The lowest BCUT2D eigenvalue weighted by molar-refractivity contribution is -0.161. The highest BCUT2D eigenvalue weighted by Gasteiger charge is 2.37. The zero-order valence-electron chi connectivity index (χ0n) is 19.5. The molecule has 0 aromatic carbocycles. The molecule has 1 heterocycles. The summed E-state index contributed by atoms with van der Waals surface area (Å²) in [6, 6.07) is 0. The second-order valence-corrected chi connectivity index (χ2v) is 7.95. The highest BCUT2D eigenvalue weighted by Crippen LogP contribution is 2.24. The first kappa shape index (κ1) is 27.8. The lowest BCUT2D eigenvalue weighted by Crippen LogP contribution is -2.48. The van der Waals surface area contributed by atoms with E-state index in [1.165, 1.54) is 7.11 Å². The zero-order chi connectivity index (χ0) is 24.0. The molecule has 11 nitrogen and oxygen atoms in total. The average Bonchev–Trinajstić information content (AvgIpc) is 2.76. The van der Waals surface area contributed by atoms with Gasteiger partial charge in [-0.15, -0.1) is 0 Å². The maximum absolute atomic E-state index is 12.6. The van der Waals surface area contributed by atoms with Crippen molar-refractivity contribution in [1.82, 2.24) is 10.2 Å². The number of amides is 1. The molecule has 1 atom stereocenters.